The number of dihydropyridines is 1. The maximum Gasteiger partial charge on any atom is 0.257 e. The van der Waals surface area contributed by atoms with Crippen LogP contribution < -0.4 is 15.5 Å². The van der Waals surface area contributed by atoms with E-state index in [1.165, 1.54) is 6.42 Å². The van der Waals surface area contributed by atoms with Crippen LogP contribution in [0.4, 0.5) is 5.69 Å². The van der Waals surface area contributed by atoms with Crippen LogP contribution in [-0.4, -0.2) is 66.8 Å². The summed E-state index contributed by atoms with van der Waals surface area (Å²) in [6.45, 7) is 6.52. The number of benzene rings is 1. The number of nitrogens with zero attached hydrogens (tertiary/aromatic N) is 3. The summed E-state index contributed by atoms with van der Waals surface area (Å²) in [5.41, 5.74) is 1.74. The molecule has 2 fully saturated rings. The predicted octanol–water partition coefficient (Wildman–Crippen LogP) is 3.23. The van der Waals surface area contributed by atoms with Crippen molar-refractivity contribution >= 4 is 23.4 Å². The van der Waals surface area contributed by atoms with Crippen molar-refractivity contribution in [3.05, 3.63) is 53.5 Å². The van der Waals surface area contributed by atoms with Crippen LogP contribution in [0.1, 0.15) is 62.2 Å². The largest absolute Gasteiger partial charge is 0.366 e. The van der Waals surface area contributed by atoms with Crippen molar-refractivity contribution < 1.29 is 14.4 Å². The second-order valence-corrected chi connectivity index (χ2v) is 10.7. The standard InChI is InChI=1S/C29H39N5O3/c1-2-33(29(37)22-12-13-22)17-6-5-8-21-14-18-32(19-15-21)20-26(35)34-25-11-4-3-9-23(25)28(36)31-24-10-7-16-30-27(24)34/h3-4,7,9-11,21-22,30H,2,5-6,8,12-20H2,1H3,(H,31,36). The predicted molar refractivity (Wildman–Crippen MR) is 144 cm³/mol. The Morgan fingerprint density at radius 2 is 1.86 bits per heavy atom. The molecule has 0 radical (unpaired) electrons. The first-order valence-electron chi connectivity index (χ1n) is 13.9. The van der Waals surface area contributed by atoms with Crippen LogP contribution >= 0.6 is 0 Å². The van der Waals surface area contributed by atoms with Crippen molar-refractivity contribution in [2.24, 2.45) is 11.8 Å². The summed E-state index contributed by atoms with van der Waals surface area (Å²) in [4.78, 5) is 44.7. The quantitative estimate of drug-likeness (QED) is 0.504. The molecule has 0 atom stereocenters. The van der Waals surface area contributed by atoms with Crippen molar-refractivity contribution in [2.45, 2.75) is 51.9 Å². The third-order valence-corrected chi connectivity index (χ3v) is 8.01. The van der Waals surface area contributed by atoms with Gasteiger partial charge in [-0.15, -0.1) is 0 Å². The van der Waals surface area contributed by atoms with Crippen LogP contribution in [0, 0.1) is 11.8 Å². The summed E-state index contributed by atoms with van der Waals surface area (Å²) in [7, 11) is 0. The van der Waals surface area contributed by atoms with E-state index in [9.17, 15) is 14.4 Å². The summed E-state index contributed by atoms with van der Waals surface area (Å²) in [6.07, 6.45) is 11.6. The van der Waals surface area contributed by atoms with Crippen LogP contribution in [0.2, 0.25) is 0 Å². The zero-order valence-electron chi connectivity index (χ0n) is 21.9. The van der Waals surface area contributed by atoms with Crippen molar-refractivity contribution in [3.63, 3.8) is 0 Å². The summed E-state index contributed by atoms with van der Waals surface area (Å²) in [6, 6.07) is 7.29. The summed E-state index contributed by atoms with van der Waals surface area (Å²) < 4.78 is 0. The van der Waals surface area contributed by atoms with Gasteiger partial charge >= 0.3 is 0 Å². The number of para-hydroxylation sites is 1. The number of anilines is 1. The normalized spacial score (nSPS) is 20.0. The van der Waals surface area contributed by atoms with Gasteiger partial charge in [0.15, 0.2) is 0 Å². The van der Waals surface area contributed by atoms with E-state index in [2.05, 4.69) is 22.5 Å². The number of rotatable bonds is 9. The van der Waals surface area contributed by atoms with E-state index in [0.717, 1.165) is 64.7 Å². The van der Waals surface area contributed by atoms with Gasteiger partial charge in [-0.1, -0.05) is 31.1 Å². The fraction of sp³-hybridized carbons (Fsp3) is 0.552. The highest BCUT2D eigenvalue weighted by atomic mass is 16.2. The van der Waals surface area contributed by atoms with Gasteiger partial charge in [0.2, 0.25) is 11.8 Å². The number of allylic oxidation sites excluding steroid dienone is 1. The van der Waals surface area contributed by atoms with Gasteiger partial charge in [-0.2, -0.15) is 0 Å². The number of carbonyl (C=O) groups excluding carboxylic acids is 3. The molecule has 1 saturated carbocycles. The average molecular weight is 506 g/mol. The molecule has 0 unspecified atom stereocenters. The van der Waals surface area contributed by atoms with E-state index in [4.69, 9.17) is 0 Å². The lowest BCUT2D eigenvalue weighted by atomic mass is 9.91. The number of likely N-dealkylation sites (tertiary alicyclic amines) is 1. The molecule has 3 amide bonds. The number of amides is 3. The highest BCUT2D eigenvalue weighted by Gasteiger charge is 2.34. The van der Waals surface area contributed by atoms with Gasteiger partial charge in [-0.25, -0.2) is 0 Å². The first-order valence-corrected chi connectivity index (χ1v) is 13.9. The minimum atomic E-state index is -0.202. The Balaban J connectivity index is 1.13. The van der Waals surface area contributed by atoms with Gasteiger partial charge in [-0.05, 0) is 76.2 Å². The molecule has 0 bridgehead atoms. The maximum absolute atomic E-state index is 13.7. The molecule has 198 valence electrons. The first kappa shape index (κ1) is 25.5. The minimum absolute atomic E-state index is 0.0299. The van der Waals surface area contributed by atoms with E-state index in [-0.39, 0.29) is 11.8 Å². The maximum atomic E-state index is 13.7. The van der Waals surface area contributed by atoms with Crippen molar-refractivity contribution in [1.82, 2.24) is 20.4 Å². The van der Waals surface area contributed by atoms with Gasteiger partial charge in [0.25, 0.3) is 5.91 Å². The molecule has 1 aromatic carbocycles. The fourth-order valence-electron chi connectivity index (χ4n) is 5.68. The van der Waals surface area contributed by atoms with Gasteiger partial charge in [0.05, 0.1) is 23.5 Å². The van der Waals surface area contributed by atoms with Gasteiger partial charge in [-0.3, -0.25) is 24.2 Å². The first-order chi connectivity index (χ1) is 18.0. The lowest BCUT2D eigenvalue weighted by Gasteiger charge is -2.34. The smallest absolute Gasteiger partial charge is 0.257 e. The van der Waals surface area contributed by atoms with Crippen LogP contribution in [-0.2, 0) is 9.59 Å². The van der Waals surface area contributed by atoms with Gasteiger partial charge < -0.3 is 15.5 Å². The van der Waals surface area contributed by atoms with E-state index >= 15 is 0 Å². The third kappa shape index (κ3) is 5.90. The van der Waals surface area contributed by atoms with Crippen LogP contribution in [0.15, 0.2) is 47.9 Å². The second-order valence-electron chi connectivity index (χ2n) is 10.7. The van der Waals surface area contributed by atoms with Crippen molar-refractivity contribution in [2.75, 3.05) is 44.2 Å². The van der Waals surface area contributed by atoms with Crippen LogP contribution in [0.3, 0.4) is 0 Å². The molecular formula is C29H39N5O3. The number of piperidine rings is 1. The van der Waals surface area contributed by atoms with E-state index in [1.54, 1.807) is 11.0 Å². The second kappa shape index (κ2) is 11.5. The topological polar surface area (TPSA) is 85.0 Å². The highest BCUT2D eigenvalue weighted by Crippen LogP contribution is 2.32. The molecule has 3 heterocycles. The number of unbranched alkanes of at least 4 members (excludes halogenated alkanes) is 1. The molecule has 37 heavy (non-hydrogen) atoms. The summed E-state index contributed by atoms with van der Waals surface area (Å²) in [5.74, 6) is 1.75. The highest BCUT2D eigenvalue weighted by molar-refractivity contribution is 6.08. The Morgan fingerprint density at radius 3 is 2.62 bits per heavy atom. The molecule has 1 aliphatic carbocycles. The summed E-state index contributed by atoms with van der Waals surface area (Å²) >= 11 is 0. The molecule has 1 aromatic rings. The van der Waals surface area contributed by atoms with Crippen LogP contribution in [0.5, 0.6) is 0 Å². The molecule has 2 N–H and O–H groups in total. The molecule has 4 aliphatic rings. The third-order valence-electron chi connectivity index (χ3n) is 8.01. The van der Waals surface area contributed by atoms with Gasteiger partial charge in [0.1, 0.15) is 5.82 Å². The SMILES string of the molecule is CCN(CCCCC1CCN(CC(=O)N2C3=C(C=CCN3)NC(=O)c3ccccc32)CC1)C(=O)C1CC1. The lowest BCUT2D eigenvalue weighted by Crippen LogP contribution is -2.46. The number of hydrogen-bond acceptors (Lipinski definition) is 5. The number of fused-ring (bicyclic) bond motifs is 1. The van der Waals surface area contributed by atoms with Crippen molar-refractivity contribution in [1.29, 1.82) is 0 Å². The molecule has 8 heteroatoms. The molecular weight excluding hydrogens is 466 g/mol. The molecule has 5 rings (SSSR count). The van der Waals surface area contributed by atoms with Crippen molar-refractivity contribution in [3.8, 4) is 0 Å². The molecule has 0 spiro atoms. The molecule has 3 aliphatic heterocycles. The monoisotopic (exact) mass is 505 g/mol. The molecule has 1 saturated heterocycles. The fourth-order valence-corrected chi connectivity index (χ4v) is 5.68. The minimum Gasteiger partial charge on any atom is -0.366 e. The Labute approximate surface area is 219 Å². The number of carbonyl (C=O) groups is 3. The zero-order valence-corrected chi connectivity index (χ0v) is 21.9. The average Bonchev–Trinajstić information content (AvgIpc) is 3.77. The Morgan fingerprint density at radius 1 is 1.08 bits per heavy atom. The Bertz CT molecular complexity index is 1080. The zero-order chi connectivity index (χ0) is 25.8. The summed E-state index contributed by atoms with van der Waals surface area (Å²) in [5, 5.41) is 6.24. The Kier molecular flexibility index (Phi) is 7.93. The van der Waals surface area contributed by atoms with Gasteiger partial charge in [0, 0.05) is 25.6 Å². The van der Waals surface area contributed by atoms with Crippen LogP contribution in [0.25, 0.3) is 0 Å². The van der Waals surface area contributed by atoms with E-state index < -0.39 is 0 Å². The lowest BCUT2D eigenvalue weighted by molar-refractivity contribution is -0.132. The molecule has 8 nitrogen and oxygen atoms in total. The Hall–Kier alpha value is -3.13. The number of hydrogen-bond donors (Lipinski definition) is 2. The van der Waals surface area contributed by atoms with E-state index in [0.29, 0.717) is 53.6 Å². The van der Waals surface area contributed by atoms with E-state index in [1.807, 2.05) is 35.3 Å². The molecule has 0 aromatic heterocycles. The number of nitrogens with one attached hydrogen (secondary N) is 2.